The highest BCUT2D eigenvalue weighted by molar-refractivity contribution is 5.87. The molecule has 0 radical (unpaired) electrons. The maximum Gasteiger partial charge on any atom is 0.308 e. The molecule has 1 aliphatic rings. The average Bonchev–Trinajstić information content (AvgIpc) is 3.06. The molecule has 3 rings (SSSR count). The number of carbonyl (C=O) groups is 2. The Kier molecular flexibility index (Phi) is 3.14. The van der Waals surface area contributed by atoms with Gasteiger partial charge < -0.3 is 15.0 Å². The summed E-state index contributed by atoms with van der Waals surface area (Å²) in [4.78, 5) is 32.0. The lowest BCUT2D eigenvalue weighted by Crippen LogP contribution is -2.31. The Labute approximate surface area is 115 Å². The number of rotatable bonds is 3. The number of hydrogen-bond acceptors (Lipinski definition) is 3. The van der Waals surface area contributed by atoms with Crippen molar-refractivity contribution in [2.24, 2.45) is 5.92 Å². The van der Waals surface area contributed by atoms with Crippen LogP contribution in [-0.4, -0.2) is 44.9 Å². The van der Waals surface area contributed by atoms with Crippen molar-refractivity contribution in [1.82, 2.24) is 14.9 Å². The third-order valence-electron chi connectivity index (χ3n) is 3.77. The van der Waals surface area contributed by atoms with Gasteiger partial charge in [0.1, 0.15) is 5.65 Å². The van der Waals surface area contributed by atoms with Crippen LogP contribution in [0.3, 0.4) is 0 Å². The van der Waals surface area contributed by atoms with E-state index in [9.17, 15) is 9.59 Å². The van der Waals surface area contributed by atoms with E-state index in [1.54, 1.807) is 17.3 Å². The molecule has 0 aliphatic carbocycles. The van der Waals surface area contributed by atoms with Crippen LogP contribution in [0, 0.1) is 5.92 Å². The van der Waals surface area contributed by atoms with E-state index in [1.807, 2.05) is 12.1 Å². The number of aromatic nitrogens is 2. The number of fused-ring (bicyclic) bond motifs is 1. The molecule has 1 unspecified atom stereocenters. The zero-order valence-corrected chi connectivity index (χ0v) is 10.9. The van der Waals surface area contributed by atoms with E-state index in [4.69, 9.17) is 5.11 Å². The second kappa shape index (κ2) is 4.96. The number of nitrogens with one attached hydrogen (secondary N) is 1. The summed E-state index contributed by atoms with van der Waals surface area (Å²) in [5.41, 5.74) is 1.66. The normalized spacial score (nSPS) is 18.6. The summed E-state index contributed by atoms with van der Waals surface area (Å²) in [6, 6.07) is 3.76. The first-order chi connectivity index (χ1) is 9.65. The Bertz CT molecular complexity index is 664. The number of pyridine rings is 1. The Morgan fingerprint density at radius 3 is 3.10 bits per heavy atom. The molecule has 0 saturated carbocycles. The lowest BCUT2D eigenvalue weighted by atomic mass is 10.1. The molecule has 2 aromatic heterocycles. The van der Waals surface area contributed by atoms with Crippen LogP contribution in [-0.2, 0) is 16.0 Å². The fourth-order valence-corrected chi connectivity index (χ4v) is 2.62. The van der Waals surface area contributed by atoms with E-state index in [-0.39, 0.29) is 12.3 Å². The molecule has 2 aromatic rings. The summed E-state index contributed by atoms with van der Waals surface area (Å²) in [6.45, 7) is 0.838. The van der Waals surface area contributed by atoms with Gasteiger partial charge in [-0.25, -0.2) is 4.98 Å². The number of carboxylic acids is 1. The van der Waals surface area contributed by atoms with E-state index < -0.39 is 11.9 Å². The fraction of sp³-hybridized carbons (Fsp3) is 0.357. The minimum atomic E-state index is -0.823. The van der Waals surface area contributed by atoms with E-state index in [0.717, 1.165) is 16.6 Å². The molecular weight excluding hydrogens is 258 g/mol. The van der Waals surface area contributed by atoms with Crippen molar-refractivity contribution < 1.29 is 14.7 Å². The molecule has 1 saturated heterocycles. The van der Waals surface area contributed by atoms with Crippen molar-refractivity contribution in [3.63, 3.8) is 0 Å². The first-order valence-electron chi connectivity index (χ1n) is 6.56. The van der Waals surface area contributed by atoms with Crippen LogP contribution in [0.15, 0.2) is 24.5 Å². The number of amides is 1. The van der Waals surface area contributed by atoms with E-state index in [2.05, 4.69) is 9.97 Å². The third kappa shape index (κ3) is 2.24. The average molecular weight is 273 g/mol. The van der Waals surface area contributed by atoms with Crippen LogP contribution in [0.25, 0.3) is 11.0 Å². The molecule has 0 aromatic carbocycles. The molecule has 0 spiro atoms. The SMILES string of the molecule is O=C(O)C1CCN(C(=O)Cc2c[nH]c3ncccc23)C1. The standard InChI is InChI=1S/C14H15N3O3/c18-12(17-5-3-9(8-17)14(19)20)6-10-7-16-13-11(10)2-1-4-15-13/h1-2,4,7,9H,3,5-6,8H2,(H,15,16)(H,19,20). The molecule has 6 heteroatoms. The van der Waals surface area contributed by atoms with E-state index in [0.29, 0.717) is 19.5 Å². The maximum atomic E-state index is 12.2. The van der Waals surface area contributed by atoms with Gasteiger partial charge >= 0.3 is 5.97 Å². The molecule has 1 atom stereocenters. The van der Waals surface area contributed by atoms with Crippen molar-refractivity contribution in [1.29, 1.82) is 0 Å². The molecule has 1 aliphatic heterocycles. The molecule has 104 valence electrons. The molecule has 1 fully saturated rings. The Hall–Kier alpha value is -2.37. The topological polar surface area (TPSA) is 86.3 Å². The Balaban J connectivity index is 1.72. The summed E-state index contributed by atoms with van der Waals surface area (Å²) in [5, 5.41) is 9.90. The third-order valence-corrected chi connectivity index (χ3v) is 3.77. The number of H-pyrrole nitrogens is 1. The minimum Gasteiger partial charge on any atom is -0.481 e. The molecule has 6 nitrogen and oxygen atoms in total. The van der Waals surface area contributed by atoms with E-state index in [1.165, 1.54) is 0 Å². The second-order valence-corrected chi connectivity index (χ2v) is 5.05. The predicted molar refractivity (Wildman–Crippen MR) is 72.1 cm³/mol. The van der Waals surface area contributed by atoms with Crippen molar-refractivity contribution >= 4 is 22.9 Å². The van der Waals surface area contributed by atoms with Crippen LogP contribution >= 0.6 is 0 Å². The number of aliphatic carboxylic acids is 1. The quantitative estimate of drug-likeness (QED) is 0.874. The largest absolute Gasteiger partial charge is 0.481 e. The molecule has 3 heterocycles. The van der Waals surface area contributed by atoms with Crippen LogP contribution in [0.4, 0.5) is 0 Å². The van der Waals surface area contributed by atoms with Gasteiger partial charge in [0.15, 0.2) is 0 Å². The summed E-state index contributed by atoms with van der Waals surface area (Å²) >= 11 is 0. The van der Waals surface area contributed by atoms with Crippen LogP contribution in [0.5, 0.6) is 0 Å². The molecule has 0 bridgehead atoms. The van der Waals surface area contributed by atoms with Gasteiger partial charge in [-0.2, -0.15) is 0 Å². The second-order valence-electron chi connectivity index (χ2n) is 5.05. The molecule has 1 amide bonds. The van der Waals surface area contributed by atoms with Gasteiger partial charge in [-0.3, -0.25) is 9.59 Å². The maximum absolute atomic E-state index is 12.2. The highest BCUT2D eigenvalue weighted by Gasteiger charge is 2.30. The van der Waals surface area contributed by atoms with Gasteiger partial charge in [0.25, 0.3) is 0 Å². The van der Waals surface area contributed by atoms with Crippen LogP contribution in [0.2, 0.25) is 0 Å². The predicted octanol–water partition coefficient (Wildman–Crippen LogP) is 1.04. The summed E-state index contributed by atoms with van der Waals surface area (Å²) in [6.07, 6.45) is 4.30. The van der Waals surface area contributed by atoms with E-state index >= 15 is 0 Å². The number of carboxylic acid groups (broad SMARTS) is 1. The van der Waals surface area contributed by atoms with Gasteiger partial charge in [0, 0.05) is 30.9 Å². The Morgan fingerprint density at radius 2 is 2.35 bits per heavy atom. The monoisotopic (exact) mass is 273 g/mol. The zero-order chi connectivity index (χ0) is 14.1. The van der Waals surface area contributed by atoms with Crippen molar-refractivity contribution in [2.75, 3.05) is 13.1 Å². The molecule has 20 heavy (non-hydrogen) atoms. The van der Waals surface area contributed by atoms with Crippen molar-refractivity contribution in [3.8, 4) is 0 Å². The van der Waals surface area contributed by atoms with Gasteiger partial charge in [0.05, 0.1) is 12.3 Å². The summed E-state index contributed by atoms with van der Waals surface area (Å²) in [7, 11) is 0. The van der Waals surface area contributed by atoms with Crippen LogP contribution in [0.1, 0.15) is 12.0 Å². The number of aromatic amines is 1. The first kappa shape index (κ1) is 12.7. The van der Waals surface area contributed by atoms with Crippen LogP contribution < -0.4 is 0 Å². The van der Waals surface area contributed by atoms with Gasteiger partial charge in [-0.15, -0.1) is 0 Å². The highest BCUT2D eigenvalue weighted by Crippen LogP contribution is 2.20. The van der Waals surface area contributed by atoms with Crippen molar-refractivity contribution in [2.45, 2.75) is 12.8 Å². The van der Waals surface area contributed by atoms with Gasteiger partial charge in [0.2, 0.25) is 5.91 Å². The van der Waals surface area contributed by atoms with Crippen molar-refractivity contribution in [3.05, 3.63) is 30.1 Å². The first-order valence-corrected chi connectivity index (χ1v) is 6.56. The minimum absolute atomic E-state index is 0.0292. The number of hydrogen-bond donors (Lipinski definition) is 2. The van der Waals surface area contributed by atoms with Gasteiger partial charge in [-0.05, 0) is 24.1 Å². The fourth-order valence-electron chi connectivity index (χ4n) is 2.62. The highest BCUT2D eigenvalue weighted by atomic mass is 16.4. The zero-order valence-electron chi connectivity index (χ0n) is 10.9. The molecular formula is C14H15N3O3. The summed E-state index contributed by atoms with van der Waals surface area (Å²) < 4.78 is 0. The lowest BCUT2D eigenvalue weighted by Gasteiger charge is -2.15. The van der Waals surface area contributed by atoms with Gasteiger partial charge in [-0.1, -0.05) is 0 Å². The number of likely N-dealkylation sites (tertiary alicyclic amines) is 1. The summed E-state index contributed by atoms with van der Waals surface area (Å²) in [5.74, 6) is -1.28. The Morgan fingerprint density at radius 1 is 1.50 bits per heavy atom. The molecule has 2 N–H and O–H groups in total. The smallest absolute Gasteiger partial charge is 0.308 e. The number of nitrogens with zero attached hydrogens (tertiary/aromatic N) is 2. The number of carbonyl (C=O) groups excluding carboxylic acids is 1. The lowest BCUT2D eigenvalue weighted by molar-refractivity contribution is -0.141.